The van der Waals surface area contributed by atoms with Crippen LogP contribution in [0, 0.1) is 11.6 Å². The second-order valence-electron chi connectivity index (χ2n) is 4.14. The Balaban J connectivity index is 1.78. The van der Waals surface area contributed by atoms with E-state index in [0.717, 1.165) is 38.0 Å². The quantitative estimate of drug-likeness (QED) is 0.812. The van der Waals surface area contributed by atoms with Gasteiger partial charge in [-0.2, -0.15) is 0 Å². The Labute approximate surface area is 94.0 Å². The minimum absolute atomic E-state index is 0.519. The van der Waals surface area contributed by atoms with Gasteiger partial charge in [0.15, 0.2) is 11.6 Å². The highest BCUT2D eigenvalue weighted by Crippen LogP contribution is 2.09. The van der Waals surface area contributed by atoms with Crippen molar-refractivity contribution in [1.29, 1.82) is 0 Å². The van der Waals surface area contributed by atoms with Gasteiger partial charge in [-0.05, 0) is 43.6 Å². The molecular weight excluding hydrogens is 210 g/mol. The average Bonchev–Trinajstić information content (AvgIpc) is 2.76. The van der Waals surface area contributed by atoms with Crippen LogP contribution in [0.1, 0.15) is 12.0 Å². The van der Waals surface area contributed by atoms with E-state index in [1.807, 2.05) is 0 Å². The third-order valence-electron chi connectivity index (χ3n) is 2.89. The Morgan fingerprint density at radius 1 is 1.31 bits per heavy atom. The summed E-state index contributed by atoms with van der Waals surface area (Å²) in [5, 5.41) is 6.65. The fourth-order valence-electron chi connectivity index (χ4n) is 1.94. The first-order valence-corrected chi connectivity index (χ1v) is 5.64. The van der Waals surface area contributed by atoms with Crippen LogP contribution in [0.15, 0.2) is 18.2 Å². The first kappa shape index (κ1) is 11.5. The van der Waals surface area contributed by atoms with Gasteiger partial charge in [0, 0.05) is 12.6 Å². The van der Waals surface area contributed by atoms with Crippen LogP contribution in [0.4, 0.5) is 8.78 Å². The number of hydrogen-bond acceptors (Lipinski definition) is 2. The van der Waals surface area contributed by atoms with Gasteiger partial charge in [0.1, 0.15) is 0 Å². The van der Waals surface area contributed by atoms with Crippen molar-refractivity contribution < 1.29 is 8.78 Å². The van der Waals surface area contributed by atoms with Gasteiger partial charge in [0.2, 0.25) is 0 Å². The van der Waals surface area contributed by atoms with Gasteiger partial charge in [-0.15, -0.1) is 0 Å². The smallest absolute Gasteiger partial charge is 0.159 e. The van der Waals surface area contributed by atoms with E-state index in [1.54, 1.807) is 6.07 Å². The van der Waals surface area contributed by atoms with Crippen LogP contribution < -0.4 is 10.6 Å². The molecule has 0 radical (unpaired) electrons. The van der Waals surface area contributed by atoms with Crippen molar-refractivity contribution >= 4 is 0 Å². The normalized spacial score (nSPS) is 20.2. The maximum absolute atomic E-state index is 12.9. The summed E-state index contributed by atoms with van der Waals surface area (Å²) in [6.07, 6.45) is 1.87. The molecule has 1 atom stereocenters. The van der Waals surface area contributed by atoms with Gasteiger partial charge in [0.05, 0.1) is 0 Å². The zero-order valence-corrected chi connectivity index (χ0v) is 9.10. The molecular formula is C12H16F2N2. The minimum Gasteiger partial charge on any atom is -0.315 e. The van der Waals surface area contributed by atoms with Crippen molar-refractivity contribution in [3.63, 3.8) is 0 Å². The summed E-state index contributed by atoms with van der Waals surface area (Å²) in [5.41, 5.74) is 0.831. The van der Waals surface area contributed by atoms with Crippen LogP contribution in [-0.2, 0) is 6.42 Å². The largest absolute Gasteiger partial charge is 0.315 e. The molecule has 1 aromatic carbocycles. The topological polar surface area (TPSA) is 24.1 Å². The molecule has 1 aliphatic rings. The molecule has 16 heavy (non-hydrogen) atoms. The molecule has 2 nitrogen and oxygen atoms in total. The molecule has 1 heterocycles. The third-order valence-corrected chi connectivity index (χ3v) is 2.89. The standard InChI is InChI=1S/C12H16F2N2/c13-11-2-1-9(7-12(11)14)3-6-16-10-4-5-15-8-10/h1-2,7,10,15-16H,3-6,8H2. The summed E-state index contributed by atoms with van der Waals surface area (Å²) >= 11 is 0. The van der Waals surface area contributed by atoms with E-state index in [1.165, 1.54) is 12.1 Å². The third kappa shape index (κ3) is 3.00. The van der Waals surface area contributed by atoms with Crippen LogP contribution >= 0.6 is 0 Å². The molecule has 0 bridgehead atoms. The predicted octanol–water partition coefficient (Wildman–Crippen LogP) is 1.46. The van der Waals surface area contributed by atoms with Gasteiger partial charge in [0.25, 0.3) is 0 Å². The molecule has 2 N–H and O–H groups in total. The summed E-state index contributed by atoms with van der Waals surface area (Å²) in [7, 11) is 0. The van der Waals surface area contributed by atoms with E-state index in [0.29, 0.717) is 6.04 Å². The Bertz CT molecular complexity index is 349. The molecule has 1 saturated heterocycles. The molecule has 1 fully saturated rings. The maximum atomic E-state index is 12.9. The van der Waals surface area contributed by atoms with Crippen molar-refractivity contribution in [3.05, 3.63) is 35.4 Å². The summed E-state index contributed by atoms with van der Waals surface area (Å²) in [6, 6.07) is 4.60. The van der Waals surface area contributed by atoms with E-state index in [-0.39, 0.29) is 0 Å². The molecule has 1 aliphatic heterocycles. The summed E-state index contributed by atoms with van der Waals surface area (Å²) in [6.45, 7) is 2.86. The Hall–Kier alpha value is -1.00. The average molecular weight is 226 g/mol. The Morgan fingerprint density at radius 2 is 2.19 bits per heavy atom. The molecule has 0 aromatic heterocycles. The van der Waals surface area contributed by atoms with Crippen LogP contribution in [0.3, 0.4) is 0 Å². The van der Waals surface area contributed by atoms with Gasteiger partial charge in [-0.3, -0.25) is 0 Å². The number of nitrogens with one attached hydrogen (secondary N) is 2. The molecule has 0 spiro atoms. The molecule has 4 heteroatoms. The van der Waals surface area contributed by atoms with E-state index < -0.39 is 11.6 Å². The van der Waals surface area contributed by atoms with Crippen molar-refractivity contribution in [2.24, 2.45) is 0 Å². The molecule has 1 aromatic rings. The van der Waals surface area contributed by atoms with Crippen molar-refractivity contribution in [3.8, 4) is 0 Å². The molecule has 88 valence electrons. The lowest BCUT2D eigenvalue weighted by molar-refractivity contribution is 0.505. The van der Waals surface area contributed by atoms with Crippen LogP contribution in [0.25, 0.3) is 0 Å². The second kappa shape index (κ2) is 5.37. The Morgan fingerprint density at radius 3 is 2.88 bits per heavy atom. The molecule has 2 rings (SSSR count). The van der Waals surface area contributed by atoms with Crippen molar-refractivity contribution in [2.45, 2.75) is 18.9 Å². The Kier molecular flexibility index (Phi) is 3.85. The molecule has 0 saturated carbocycles. The maximum Gasteiger partial charge on any atom is 0.159 e. The van der Waals surface area contributed by atoms with Crippen molar-refractivity contribution in [1.82, 2.24) is 10.6 Å². The van der Waals surface area contributed by atoms with Crippen molar-refractivity contribution in [2.75, 3.05) is 19.6 Å². The number of hydrogen-bond donors (Lipinski definition) is 2. The van der Waals surface area contributed by atoms with Gasteiger partial charge < -0.3 is 10.6 Å². The van der Waals surface area contributed by atoms with Crippen LogP contribution in [0.5, 0.6) is 0 Å². The highest BCUT2D eigenvalue weighted by molar-refractivity contribution is 5.18. The fourth-order valence-corrected chi connectivity index (χ4v) is 1.94. The lowest BCUT2D eigenvalue weighted by Crippen LogP contribution is -2.32. The van der Waals surface area contributed by atoms with E-state index >= 15 is 0 Å². The lowest BCUT2D eigenvalue weighted by atomic mass is 10.1. The van der Waals surface area contributed by atoms with Gasteiger partial charge in [-0.1, -0.05) is 6.07 Å². The zero-order valence-electron chi connectivity index (χ0n) is 9.10. The minimum atomic E-state index is -0.781. The number of benzene rings is 1. The fraction of sp³-hybridized carbons (Fsp3) is 0.500. The summed E-state index contributed by atoms with van der Waals surface area (Å²) in [4.78, 5) is 0. The second-order valence-corrected chi connectivity index (χ2v) is 4.14. The SMILES string of the molecule is Fc1ccc(CCNC2CCNC2)cc1F. The summed E-state index contributed by atoms with van der Waals surface area (Å²) < 4.78 is 25.6. The highest BCUT2D eigenvalue weighted by atomic mass is 19.2. The van der Waals surface area contributed by atoms with E-state index in [4.69, 9.17) is 0 Å². The predicted molar refractivity (Wildman–Crippen MR) is 59.3 cm³/mol. The first-order valence-electron chi connectivity index (χ1n) is 5.64. The molecule has 0 aliphatic carbocycles. The van der Waals surface area contributed by atoms with Crippen LogP contribution in [0.2, 0.25) is 0 Å². The molecule has 1 unspecified atom stereocenters. The highest BCUT2D eigenvalue weighted by Gasteiger charge is 2.12. The number of rotatable bonds is 4. The van der Waals surface area contributed by atoms with Gasteiger partial charge in [-0.25, -0.2) is 8.78 Å². The monoisotopic (exact) mass is 226 g/mol. The van der Waals surface area contributed by atoms with E-state index in [2.05, 4.69) is 10.6 Å². The van der Waals surface area contributed by atoms with Crippen LogP contribution in [-0.4, -0.2) is 25.7 Å². The number of halogens is 2. The lowest BCUT2D eigenvalue weighted by Gasteiger charge is -2.10. The zero-order chi connectivity index (χ0) is 11.4. The summed E-state index contributed by atoms with van der Waals surface area (Å²) in [5.74, 6) is -1.54. The first-order chi connectivity index (χ1) is 7.75. The van der Waals surface area contributed by atoms with E-state index in [9.17, 15) is 8.78 Å². The molecule has 0 amide bonds. The van der Waals surface area contributed by atoms with Gasteiger partial charge >= 0.3 is 0 Å².